The van der Waals surface area contributed by atoms with Crippen molar-refractivity contribution in [1.29, 1.82) is 0 Å². The molecule has 0 aromatic carbocycles. The fourth-order valence-electron chi connectivity index (χ4n) is 1.44. The number of rotatable bonds is 8. The lowest BCUT2D eigenvalue weighted by molar-refractivity contribution is -0.0283. The molecule has 0 spiro atoms. The van der Waals surface area contributed by atoms with Gasteiger partial charge in [0.1, 0.15) is 11.1 Å². The van der Waals surface area contributed by atoms with Gasteiger partial charge in [0.15, 0.2) is 0 Å². The zero-order valence-corrected chi connectivity index (χ0v) is 13.1. The molecular weight excluding hydrogens is 270 g/mol. The van der Waals surface area contributed by atoms with E-state index >= 15 is 0 Å². The zero-order valence-electron chi connectivity index (χ0n) is 11.5. The average Bonchev–Trinajstić information content (AvgIpc) is 2.83. The molecule has 0 aliphatic carbocycles. The molecule has 104 valence electrons. The van der Waals surface area contributed by atoms with E-state index in [0.717, 1.165) is 23.5 Å². The number of methoxy groups -OCH3 is 1. The van der Waals surface area contributed by atoms with Gasteiger partial charge in [0.25, 0.3) is 0 Å². The molecule has 1 unspecified atom stereocenters. The van der Waals surface area contributed by atoms with Gasteiger partial charge in [-0.15, -0.1) is 22.9 Å². The van der Waals surface area contributed by atoms with Crippen LogP contribution in [0.15, 0.2) is 5.38 Å². The van der Waals surface area contributed by atoms with Crippen molar-refractivity contribution in [2.24, 2.45) is 0 Å². The van der Waals surface area contributed by atoms with Gasteiger partial charge < -0.3 is 9.47 Å². The lowest BCUT2D eigenvalue weighted by atomic mass is 10.1. The molecule has 0 bridgehead atoms. The minimum Gasteiger partial charge on any atom is -0.379 e. The first-order chi connectivity index (χ1) is 8.52. The van der Waals surface area contributed by atoms with Crippen LogP contribution in [0.3, 0.4) is 0 Å². The van der Waals surface area contributed by atoms with Gasteiger partial charge in [0.05, 0.1) is 23.8 Å². The maximum absolute atomic E-state index is 5.90. The van der Waals surface area contributed by atoms with Crippen molar-refractivity contribution in [3.05, 3.63) is 16.1 Å². The summed E-state index contributed by atoms with van der Waals surface area (Å²) in [6.45, 7) is 6.90. The SMILES string of the molecule is CCC(OCCC(C)(C)OC)c1nc(CCl)cs1. The largest absolute Gasteiger partial charge is 0.379 e. The molecule has 5 heteroatoms. The van der Waals surface area contributed by atoms with E-state index in [4.69, 9.17) is 21.1 Å². The molecule has 0 radical (unpaired) electrons. The van der Waals surface area contributed by atoms with Crippen LogP contribution in [-0.4, -0.2) is 24.3 Å². The summed E-state index contributed by atoms with van der Waals surface area (Å²) >= 11 is 7.38. The fourth-order valence-corrected chi connectivity index (χ4v) is 2.62. The van der Waals surface area contributed by atoms with E-state index in [1.54, 1.807) is 18.4 Å². The number of aromatic nitrogens is 1. The van der Waals surface area contributed by atoms with Crippen molar-refractivity contribution in [2.75, 3.05) is 13.7 Å². The molecule has 0 aliphatic rings. The zero-order chi connectivity index (χ0) is 13.6. The van der Waals surface area contributed by atoms with Crippen molar-refractivity contribution in [3.63, 3.8) is 0 Å². The molecule has 1 rings (SSSR count). The molecule has 0 aliphatic heterocycles. The normalized spacial score (nSPS) is 13.8. The first kappa shape index (κ1) is 15.9. The van der Waals surface area contributed by atoms with Crippen LogP contribution in [0.2, 0.25) is 0 Å². The van der Waals surface area contributed by atoms with Gasteiger partial charge in [-0.1, -0.05) is 6.92 Å². The van der Waals surface area contributed by atoms with Gasteiger partial charge in [0.2, 0.25) is 0 Å². The molecule has 0 saturated carbocycles. The summed E-state index contributed by atoms with van der Waals surface area (Å²) in [5, 5.41) is 3.01. The van der Waals surface area contributed by atoms with Crippen molar-refractivity contribution in [1.82, 2.24) is 4.98 Å². The molecule has 0 fully saturated rings. The minimum atomic E-state index is -0.136. The van der Waals surface area contributed by atoms with Crippen molar-refractivity contribution >= 4 is 22.9 Å². The molecule has 1 atom stereocenters. The van der Waals surface area contributed by atoms with Crippen LogP contribution in [-0.2, 0) is 15.4 Å². The first-order valence-electron chi connectivity index (χ1n) is 6.19. The van der Waals surface area contributed by atoms with Crippen LogP contribution in [0.5, 0.6) is 0 Å². The van der Waals surface area contributed by atoms with Crippen LogP contribution in [0.1, 0.15) is 50.4 Å². The predicted molar refractivity (Wildman–Crippen MR) is 76.4 cm³/mol. The highest BCUT2D eigenvalue weighted by Crippen LogP contribution is 2.26. The summed E-state index contributed by atoms with van der Waals surface area (Å²) in [6, 6.07) is 0. The highest BCUT2D eigenvalue weighted by atomic mass is 35.5. The first-order valence-corrected chi connectivity index (χ1v) is 7.61. The van der Waals surface area contributed by atoms with E-state index in [1.807, 2.05) is 5.38 Å². The third kappa shape index (κ3) is 4.84. The van der Waals surface area contributed by atoms with Crippen molar-refractivity contribution in [2.45, 2.75) is 51.2 Å². The molecule has 1 aromatic heterocycles. The lowest BCUT2D eigenvalue weighted by Gasteiger charge is -2.23. The molecule has 18 heavy (non-hydrogen) atoms. The Morgan fingerprint density at radius 3 is 2.72 bits per heavy atom. The number of hydrogen-bond donors (Lipinski definition) is 0. The monoisotopic (exact) mass is 291 g/mol. The third-order valence-electron chi connectivity index (χ3n) is 2.93. The predicted octanol–water partition coefficient (Wildman–Crippen LogP) is 4.16. The Balaban J connectivity index is 2.47. The number of thiazole rings is 1. The Hall–Kier alpha value is -0.160. The van der Waals surface area contributed by atoms with Crippen LogP contribution in [0, 0.1) is 0 Å². The number of alkyl halides is 1. The quantitative estimate of drug-likeness (QED) is 0.674. The van der Waals surface area contributed by atoms with Crippen LogP contribution in [0.4, 0.5) is 0 Å². The van der Waals surface area contributed by atoms with Crippen molar-refractivity contribution in [3.8, 4) is 0 Å². The molecular formula is C13H22ClNO2S. The van der Waals surface area contributed by atoms with E-state index in [-0.39, 0.29) is 11.7 Å². The van der Waals surface area contributed by atoms with Gasteiger partial charge in [0, 0.05) is 12.5 Å². The highest BCUT2D eigenvalue weighted by Gasteiger charge is 2.19. The molecule has 0 amide bonds. The summed E-state index contributed by atoms with van der Waals surface area (Å²) in [4.78, 5) is 4.47. The van der Waals surface area contributed by atoms with E-state index in [0.29, 0.717) is 12.5 Å². The van der Waals surface area contributed by atoms with E-state index in [9.17, 15) is 0 Å². The average molecular weight is 292 g/mol. The van der Waals surface area contributed by atoms with Gasteiger partial charge in [-0.25, -0.2) is 4.98 Å². The second-order valence-electron chi connectivity index (χ2n) is 4.79. The molecule has 1 heterocycles. The Kier molecular flexibility index (Phi) is 6.57. The standard InChI is InChI=1S/C13H22ClNO2S/c1-5-11(12-15-10(8-14)9-18-12)17-7-6-13(2,3)16-4/h9,11H,5-8H2,1-4H3. The molecule has 0 N–H and O–H groups in total. The van der Waals surface area contributed by atoms with Crippen molar-refractivity contribution < 1.29 is 9.47 Å². The molecule has 3 nitrogen and oxygen atoms in total. The summed E-state index contributed by atoms with van der Waals surface area (Å²) in [7, 11) is 1.73. The van der Waals surface area contributed by atoms with Gasteiger partial charge >= 0.3 is 0 Å². The van der Waals surface area contributed by atoms with Crippen LogP contribution < -0.4 is 0 Å². The maximum atomic E-state index is 5.90. The highest BCUT2D eigenvalue weighted by molar-refractivity contribution is 7.09. The van der Waals surface area contributed by atoms with Crippen LogP contribution in [0.25, 0.3) is 0 Å². The lowest BCUT2D eigenvalue weighted by Crippen LogP contribution is -2.24. The van der Waals surface area contributed by atoms with Gasteiger partial charge in [-0.3, -0.25) is 0 Å². The Morgan fingerprint density at radius 1 is 1.50 bits per heavy atom. The second-order valence-corrected chi connectivity index (χ2v) is 5.95. The van der Waals surface area contributed by atoms with Gasteiger partial charge in [-0.2, -0.15) is 0 Å². The fraction of sp³-hybridized carbons (Fsp3) is 0.769. The number of ether oxygens (including phenoxy) is 2. The summed E-state index contributed by atoms with van der Waals surface area (Å²) in [6.07, 6.45) is 1.86. The maximum Gasteiger partial charge on any atom is 0.122 e. The van der Waals surface area contributed by atoms with Gasteiger partial charge in [-0.05, 0) is 26.7 Å². The summed E-state index contributed by atoms with van der Waals surface area (Å²) in [5.41, 5.74) is 0.790. The Bertz CT molecular complexity index is 355. The third-order valence-corrected chi connectivity index (χ3v) is 4.19. The number of nitrogens with zero attached hydrogens (tertiary/aromatic N) is 1. The van der Waals surface area contributed by atoms with E-state index in [2.05, 4.69) is 25.8 Å². The Labute approximate surface area is 118 Å². The summed E-state index contributed by atoms with van der Waals surface area (Å²) in [5.74, 6) is 0.462. The summed E-state index contributed by atoms with van der Waals surface area (Å²) < 4.78 is 11.3. The second kappa shape index (κ2) is 7.43. The minimum absolute atomic E-state index is 0.0691. The molecule has 1 aromatic rings. The smallest absolute Gasteiger partial charge is 0.122 e. The number of halogens is 1. The topological polar surface area (TPSA) is 31.4 Å². The van der Waals surface area contributed by atoms with E-state index in [1.165, 1.54) is 0 Å². The number of hydrogen-bond acceptors (Lipinski definition) is 4. The van der Waals surface area contributed by atoms with Crippen LogP contribution >= 0.6 is 22.9 Å². The van der Waals surface area contributed by atoms with E-state index < -0.39 is 0 Å². The molecule has 0 saturated heterocycles. The Morgan fingerprint density at radius 2 is 2.22 bits per heavy atom.